The Hall–Kier alpha value is -2.01. The second kappa shape index (κ2) is 4.93. The monoisotopic (exact) mass is 258 g/mol. The van der Waals surface area contributed by atoms with Crippen LogP contribution in [0.4, 0.5) is 11.4 Å². The summed E-state index contributed by atoms with van der Waals surface area (Å²) in [6.45, 7) is 1.00. The molecule has 1 aliphatic rings. The van der Waals surface area contributed by atoms with Gasteiger partial charge >= 0.3 is 0 Å². The smallest absolute Gasteiger partial charge is 0.0837 e. The Kier molecular flexibility index (Phi) is 3.13. The van der Waals surface area contributed by atoms with Crippen LogP contribution in [-0.2, 0) is 6.54 Å². The maximum Gasteiger partial charge on any atom is 0.0837 e. The third kappa shape index (κ3) is 2.42. The van der Waals surface area contributed by atoms with Crippen LogP contribution in [0.15, 0.2) is 30.6 Å². The third-order valence-corrected chi connectivity index (χ3v) is 3.81. The van der Waals surface area contributed by atoms with Crippen molar-refractivity contribution >= 4 is 11.4 Å². The Bertz CT molecular complexity index is 575. The number of hydrogen-bond acceptors (Lipinski definition) is 4. The number of nitrogens with one attached hydrogen (secondary N) is 1. The van der Waals surface area contributed by atoms with E-state index in [4.69, 9.17) is 10.9 Å². The first kappa shape index (κ1) is 12.0. The molecule has 5 nitrogen and oxygen atoms in total. The van der Waals surface area contributed by atoms with Crippen molar-refractivity contribution in [3.63, 3.8) is 0 Å². The highest BCUT2D eigenvalue weighted by molar-refractivity contribution is 5.74. The van der Waals surface area contributed by atoms with Crippen LogP contribution in [-0.4, -0.2) is 15.0 Å². The maximum absolute atomic E-state index is 9.00. The molecule has 1 saturated carbocycles. The van der Waals surface area contributed by atoms with Gasteiger partial charge in [0.1, 0.15) is 0 Å². The first-order chi connectivity index (χ1) is 9.26. The number of rotatable bonds is 4. The van der Waals surface area contributed by atoms with Gasteiger partial charge < -0.3 is 5.73 Å². The molecule has 3 rings (SSSR count). The van der Waals surface area contributed by atoms with Crippen molar-refractivity contribution in [1.29, 1.82) is 0 Å². The minimum atomic E-state index is 0.518. The first-order valence-corrected chi connectivity index (χ1v) is 6.59. The van der Waals surface area contributed by atoms with E-state index >= 15 is 0 Å². The Balaban J connectivity index is 1.81. The van der Waals surface area contributed by atoms with Crippen LogP contribution in [0.3, 0.4) is 0 Å². The predicted molar refractivity (Wildman–Crippen MR) is 74.8 cm³/mol. The summed E-state index contributed by atoms with van der Waals surface area (Å²) < 4.78 is 2.00. The molecule has 1 aromatic heterocycles. The number of nitrogens with two attached hydrogens (primary N) is 1. The van der Waals surface area contributed by atoms with Crippen molar-refractivity contribution in [1.82, 2.24) is 9.78 Å². The average Bonchev–Trinajstić information content (AvgIpc) is 2.83. The van der Waals surface area contributed by atoms with Crippen molar-refractivity contribution in [3.05, 3.63) is 30.6 Å². The molecule has 0 atom stereocenters. The lowest BCUT2D eigenvalue weighted by Crippen LogP contribution is -2.18. The zero-order valence-electron chi connectivity index (χ0n) is 10.7. The first-order valence-electron chi connectivity index (χ1n) is 6.59. The van der Waals surface area contributed by atoms with Gasteiger partial charge in [-0.2, -0.15) is 5.10 Å². The fraction of sp³-hybridized carbons (Fsp3) is 0.357. The summed E-state index contributed by atoms with van der Waals surface area (Å²) >= 11 is 0. The molecular weight excluding hydrogens is 240 g/mol. The molecule has 0 spiro atoms. The largest absolute Gasteiger partial charge is 0.397 e. The predicted octanol–water partition coefficient (Wildman–Crippen LogP) is 2.73. The van der Waals surface area contributed by atoms with E-state index in [1.165, 1.54) is 19.3 Å². The molecule has 5 heteroatoms. The van der Waals surface area contributed by atoms with Crippen molar-refractivity contribution in [2.45, 2.75) is 25.8 Å². The van der Waals surface area contributed by atoms with Crippen molar-refractivity contribution in [3.8, 4) is 11.1 Å². The second-order valence-corrected chi connectivity index (χ2v) is 5.16. The molecule has 2 aromatic rings. The summed E-state index contributed by atoms with van der Waals surface area (Å²) in [5, 5.41) is 13.4. The van der Waals surface area contributed by atoms with Crippen molar-refractivity contribution in [2.24, 2.45) is 5.92 Å². The molecule has 0 amide bonds. The van der Waals surface area contributed by atoms with Gasteiger partial charge in [0.15, 0.2) is 0 Å². The van der Waals surface area contributed by atoms with E-state index in [9.17, 15) is 0 Å². The lowest BCUT2D eigenvalue weighted by atomic mass is 9.85. The minimum Gasteiger partial charge on any atom is -0.397 e. The van der Waals surface area contributed by atoms with Gasteiger partial charge in [0.05, 0.1) is 17.6 Å². The molecule has 1 aromatic carbocycles. The van der Waals surface area contributed by atoms with Gasteiger partial charge in [-0.25, -0.2) is 0 Å². The Morgan fingerprint density at radius 3 is 2.89 bits per heavy atom. The number of hydrogen-bond donors (Lipinski definition) is 3. The zero-order valence-corrected chi connectivity index (χ0v) is 10.7. The SMILES string of the molecule is Nc1ccc(-c2cnn(CC3CCC3)c2)cc1NO. The van der Waals surface area contributed by atoms with Crippen LogP contribution in [0, 0.1) is 5.92 Å². The summed E-state index contributed by atoms with van der Waals surface area (Å²) in [4.78, 5) is 0. The molecule has 19 heavy (non-hydrogen) atoms. The molecule has 0 aliphatic heterocycles. The fourth-order valence-corrected chi connectivity index (χ4v) is 2.39. The number of aromatic nitrogens is 2. The number of anilines is 2. The van der Waals surface area contributed by atoms with E-state index < -0.39 is 0 Å². The molecule has 0 unspecified atom stereocenters. The molecule has 1 heterocycles. The van der Waals surface area contributed by atoms with Gasteiger partial charge in [0.2, 0.25) is 0 Å². The standard InChI is InChI=1S/C14H18N4O/c15-13-5-4-11(6-14(13)17-19)12-7-16-18(9-12)8-10-2-1-3-10/h4-7,9-10,17,19H,1-3,8,15H2. The van der Waals surface area contributed by atoms with E-state index in [2.05, 4.69) is 10.6 Å². The zero-order chi connectivity index (χ0) is 13.2. The maximum atomic E-state index is 9.00. The molecular formula is C14H18N4O. The van der Waals surface area contributed by atoms with Gasteiger partial charge in [-0.3, -0.25) is 15.4 Å². The van der Waals surface area contributed by atoms with E-state index in [0.717, 1.165) is 23.6 Å². The molecule has 4 N–H and O–H groups in total. The van der Waals surface area contributed by atoms with Crippen LogP contribution in [0.25, 0.3) is 11.1 Å². The van der Waals surface area contributed by atoms with Crippen molar-refractivity contribution < 1.29 is 5.21 Å². The highest BCUT2D eigenvalue weighted by Crippen LogP contribution is 2.29. The minimum absolute atomic E-state index is 0.518. The third-order valence-electron chi connectivity index (χ3n) is 3.81. The summed E-state index contributed by atoms with van der Waals surface area (Å²) in [6.07, 6.45) is 7.88. The second-order valence-electron chi connectivity index (χ2n) is 5.16. The summed E-state index contributed by atoms with van der Waals surface area (Å²) in [6, 6.07) is 5.53. The highest BCUT2D eigenvalue weighted by Gasteiger charge is 2.18. The van der Waals surface area contributed by atoms with Crippen LogP contribution in [0.5, 0.6) is 0 Å². The van der Waals surface area contributed by atoms with Gasteiger partial charge in [-0.1, -0.05) is 12.5 Å². The van der Waals surface area contributed by atoms with Gasteiger partial charge in [-0.15, -0.1) is 0 Å². The highest BCUT2D eigenvalue weighted by atomic mass is 16.5. The molecule has 1 aliphatic carbocycles. The molecule has 0 saturated heterocycles. The summed E-state index contributed by atoms with van der Waals surface area (Å²) in [5.41, 5.74) is 10.9. The van der Waals surface area contributed by atoms with Crippen LogP contribution < -0.4 is 11.2 Å². The summed E-state index contributed by atoms with van der Waals surface area (Å²) in [5.74, 6) is 0.786. The lowest BCUT2D eigenvalue weighted by Gasteiger charge is -2.24. The number of nitrogen functional groups attached to an aromatic ring is 1. The van der Waals surface area contributed by atoms with E-state index in [-0.39, 0.29) is 0 Å². The Labute approximate surface area is 112 Å². The van der Waals surface area contributed by atoms with E-state index in [0.29, 0.717) is 11.4 Å². The molecule has 1 fully saturated rings. The topological polar surface area (TPSA) is 76.1 Å². The van der Waals surface area contributed by atoms with E-state index in [1.54, 1.807) is 6.07 Å². The van der Waals surface area contributed by atoms with Gasteiger partial charge in [0, 0.05) is 18.3 Å². The number of nitrogens with zero attached hydrogens (tertiary/aromatic N) is 2. The summed E-state index contributed by atoms with van der Waals surface area (Å²) in [7, 11) is 0. The van der Waals surface area contributed by atoms with Crippen LogP contribution in [0.2, 0.25) is 0 Å². The Morgan fingerprint density at radius 1 is 1.37 bits per heavy atom. The molecule has 0 radical (unpaired) electrons. The number of benzene rings is 1. The normalized spacial score (nSPS) is 15.2. The van der Waals surface area contributed by atoms with Crippen LogP contribution in [0.1, 0.15) is 19.3 Å². The van der Waals surface area contributed by atoms with Crippen LogP contribution >= 0.6 is 0 Å². The fourth-order valence-electron chi connectivity index (χ4n) is 2.39. The van der Waals surface area contributed by atoms with Gasteiger partial charge in [0.25, 0.3) is 0 Å². The molecule has 100 valence electrons. The van der Waals surface area contributed by atoms with E-state index in [1.807, 2.05) is 29.2 Å². The van der Waals surface area contributed by atoms with Crippen molar-refractivity contribution in [2.75, 3.05) is 11.2 Å². The Morgan fingerprint density at radius 2 is 2.21 bits per heavy atom. The quantitative estimate of drug-likeness (QED) is 0.582. The average molecular weight is 258 g/mol. The lowest BCUT2D eigenvalue weighted by molar-refractivity contribution is 0.266. The van der Waals surface area contributed by atoms with Gasteiger partial charge in [-0.05, 0) is 36.5 Å². The molecule has 0 bridgehead atoms.